The molecule has 1 heterocycles. The largest absolute Gasteiger partial charge is 0.490 e. The summed E-state index contributed by atoms with van der Waals surface area (Å²) in [6, 6.07) is 5.11. The van der Waals surface area contributed by atoms with Crippen LogP contribution in [0.4, 0.5) is 4.39 Å². The van der Waals surface area contributed by atoms with Crippen molar-refractivity contribution in [3.8, 4) is 5.75 Å². The molecule has 0 N–H and O–H groups in total. The molecule has 0 saturated heterocycles. The highest BCUT2D eigenvalue weighted by atomic mass is 19.1. The molecule has 1 atom stereocenters. The average Bonchev–Trinajstić information content (AvgIpc) is 2.07. The van der Waals surface area contributed by atoms with Crippen molar-refractivity contribution < 1.29 is 9.13 Å². The zero-order chi connectivity index (χ0) is 8.55. The van der Waals surface area contributed by atoms with E-state index in [4.69, 9.17) is 4.74 Å². The van der Waals surface area contributed by atoms with Crippen LogP contribution in [0.3, 0.4) is 0 Å². The predicted octanol–water partition coefficient (Wildman–Crippen LogP) is 2.71. The Morgan fingerprint density at radius 1 is 1.50 bits per heavy atom. The molecule has 0 radical (unpaired) electrons. The summed E-state index contributed by atoms with van der Waals surface area (Å²) in [7, 11) is 0. The van der Waals surface area contributed by atoms with Gasteiger partial charge in [0, 0.05) is 5.56 Å². The molecule has 0 fully saturated rings. The van der Waals surface area contributed by atoms with Crippen LogP contribution >= 0.6 is 0 Å². The molecule has 0 aliphatic carbocycles. The van der Waals surface area contributed by atoms with E-state index in [0.29, 0.717) is 18.3 Å². The summed E-state index contributed by atoms with van der Waals surface area (Å²) in [5, 5.41) is 0. The van der Waals surface area contributed by atoms with Gasteiger partial charge in [0.05, 0.1) is 6.61 Å². The Bertz CT molecular complexity index is 296. The third kappa shape index (κ3) is 1.07. The van der Waals surface area contributed by atoms with Crippen LogP contribution in [0.25, 0.3) is 0 Å². The van der Waals surface area contributed by atoms with Crippen LogP contribution in [0.15, 0.2) is 18.2 Å². The van der Waals surface area contributed by atoms with Crippen LogP contribution < -0.4 is 4.74 Å². The van der Waals surface area contributed by atoms with Crippen molar-refractivity contribution >= 4 is 0 Å². The highest BCUT2D eigenvalue weighted by Crippen LogP contribution is 2.34. The zero-order valence-corrected chi connectivity index (χ0v) is 7.01. The molecule has 0 unspecified atom stereocenters. The molecule has 1 aliphatic heterocycles. The SMILES string of the molecule is C[C@@H]1CCOc2c(F)cccc21. The first-order valence-electron chi connectivity index (χ1n) is 4.20. The summed E-state index contributed by atoms with van der Waals surface area (Å²) >= 11 is 0. The van der Waals surface area contributed by atoms with Crippen LogP contribution in [0.2, 0.25) is 0 Å². The molecule has 0 saturated carbocycles. The first kappa shape index (κ1) is 7.59. The highest BCUT2D eigenvalue weighted by molar-refractivity contribution is 5.38. The number of benzene rings is 1. The Morgan fingerprint density at radius 3 is 3.08 bits per heavy atom. The Balaban J connectivity index is 2.52. The number of ether oxygens (including phenoxy) is 1. The second-order valence-corrected chi connectivity index (χ2v) is 3.20. The molecule has 0 spiro atoms. The van der Waals surface area contributed by atoms with Crippen LogP contribution in [-0.2, 0) is 0 Å². The highest BCUT2D eigenvalue weighted by Gasteiger charge is 2.19. The summed E-state index contributed by atoms with van der Waals surface area (Å²) in [5.74, 6) is 0.639. The van der Waals surface area contributed by atoms with Gasteiger partial charge in [-0.3, -0.25) is 0 Å². The lowest BCUT2D eigenvalue weighted by Gasteiger charge is -2.22. The summed E-state index contributed by atoms with van der Waals surface area (Å²) in [5.41, 5.74) is 1.00. The fourth-order valence-corrected chi connectivity index (χ4v) is 1.56. The van der Waals surface area contributed by atoms with E-state index in [9.17, 15) is 4.39 Å². The molecule has 0 amide bonds. The number of rotatable bonds is 0. The quantitative estimate of drug-likeness (QED) is 0.575. The van der Waals surface area contributed by atoms with Gasteiger partial charge in [0.1, 0.15) is 0 Å². The molecule has 2 heteroatoms. The van der Waals surface area contributed by atoms with Gasteiger partial charge in [-0.25, -0.2) is 4.39 Å². The van der Waals surface area contributed by atoms with Gasteiger partial charge in [0.25, 0.3) is 0 Å². The number of halogens is 1. The monoisotopic (exact) mass is 166 g/mol. The minimum atomic E-state index is -0.237. The first-order chi connectivity index (χ1) is 5.79. The lowest BCUT2D eigenvalue weighted by molar-refractivity contribution is 0.258. The molecule has 1 aromatic rings. The van der Waals surface area contributed by atoms with E-state index in [-0.39, 0.29) is 5.82 Å². The molecule has 1 nitrogen and oxygen atoms in total. The zero-order valence-electron chi connectivity index (χ0n) is 7.01. The van der Waals surface area contributed by atoms with Crippen molar-refractivity contribution in [1.29, 1.82) is 0 Å². The van der Waals surface area contributed by atoms with Crippen LogP contribution in [-0.4, -0.2) is 6.61 Å². The van der Waals surface area contributed by atoms with Crippen LogP contribution in [0, 0.1) is 5.82 Å². The molecule has 0 aromatic heterocycles. The first-order valence-corrected chi connectivity index (χ1v) is 4.20. The number of hydrogen-bond acceptors (Lipinski definition) is 1. The molecule has 1 aliphatic rings. The van der Waals surface area contributed by atoms with Crippen molar-refractivity contribution in [1.82, 2.24) is 0 Å². The summed E-state index contributed by atoms with van der Waals surface area (Å²) in [6.45, 7) is 2.73. The minimum Gasteiger partial charge on any atom is -0.490 e. The van der Waals surface area contributed by atoms with E-state index < -0.39 is 0 Å². The second-order valence-electron chi connectivity index (χ2n) is 3.20. The van der Waals surface area contributed by atoms with Gasteiger partial charge in [0.15, 0.2) is 11.6 Å². The molecular formula is C10H11FO. The lowest BCUT2D eigenvalue weighted by Crippen LogP contribution is -2.12. The average molecular weight is 166 g/mol. The van der Waals surface area contributed by atoms with Crippen LogP contribution in [0.5, 0.6) is 5.75 Å². The second kappa shape index (κ2) is 2.77. The number of para-hydroxylation sites is 1. The Morgan fingerprint density at radius 2 is 2.33 bits per heavy atom. The Hall–Kier alpha value is -1.05. The van der Waals surface area contributed by atoms with Crippen molar-refractivity contribution in [2.75, 3.05) is 6.61 Å². The molecule has 1 aromatic carbocycles. The fourth-order valence-electron chi connectivity index (χ4n) is 1.56. The van der Waals surface area contributed by atoms with Crippen molar-refractivity contribution in [2.24, 2.45) is 0 Å². The molecular weight excluding hydrogens is 155 g/mol. The minimum absolute atomic E-state index is 0.237. The topological polar surface area (TPSA) is 9.23 Å². The van der Waals surface area contributed by atoms with Gasteiger partial charge >= 0.3 is 0 Å². The van der Waals surface area contributed by atoms with E-state index in [1.54, 1.807) is 6.07 Å². The molecule has 64 valence electrons. The predicted molar refractivity (Wildman–Crippen MR) is 44.9 cm³/mol. The Kier molecular flexibility index (Phi) is 1.75. The summed E-state index contributed by atoms with van der Waals surface area (Å²) in [6.07, 6.45) is 0.983. The third-order valence-electron chi connectivity index (χ3n) is 2.33. The molecule has 2 rings (SSSR count). The van der Waals surface area contributed by atoms with E-state index in [1.807, 2.05) is 6.07 Å². The van der Waals surface area contributed by atoms with E-state index in [0.717, 1.165) is 12.0 Å². The molecule has 12 heavy (non-hydrogen) atoms. The fraction of sp³-hybridized carbons (Fsp3) is 0.400. The lowest BCUT2D eigenvalue weighted by atomic mass is 9.95. The van der Waals surface area contributed by atoms with Gasteiger partial charge < -0.3 is 4.74 Å². The third-order valence-corrected chi connectivity index (χ3v) is 2.33. The van der Waals surface area contributed by atoms with Crippen molar-refractivity contribution in [3.63, 3.8) is 0 Å². The van der Waals surface area contributed by atoms with Crippen LogP contribution in [0.1, 0.15) is 24.8 Å². The maximum absolute atomic E-state index is 13.1. The normalized spacial score (nSPS) is 21.3. The van der Waals surface area contributed by atoms with Crippen molar-refractivity contribution in [2.45, 2.75) is 19.3 Å². The van der Waals surface area contributed by atoms with Crippen molar-refractivity contribution in [3.05, 3.63) is 29.6 Å². The van der Waals surface area contributed by atoms with Gasteiger partial charge in [-0.15, -0.1) is 0 Å². The van der Waals surface area contributed by atoms with Gasteiger partial charge in [-0.05, 0) is 18.4 Å². The summed E-state index contributed by atoms with van der Waals surface area (Å²) in [4.78, 5) is 0. The summed E-state index contributed by atoms with van der Waals surface area (Å²) < 4.78 is 18.4. The number of hydrogen-bond donors (Lipinski definition) is 0. The Labute approximate surface area is 71.2 Å². The number of fused-ring (bicyclic) bond motifs is 1. The smallest absolute Gasteiger partial charge is 0.165 e. The van der Waals surface area contributed by atoms with Gasteiger partial charge in [0.2, 0.25) is 0 Å². The molecule has 0 bridgehead atoms. The maximum atomic E-state index is 13.1. The van der Waals surface area contributed by atoms with Gasteiger partial charge in [-0.1, -0.05) is 19.1 Å². The van der Waals surface area contributed by atoms with E-state index >= 15 is 0 Å². The van der Waals surface area contributed by atoms with Gasteiger partial charge in [-0.2, -0.15) is 0 Å². The standard InChI is InChI=1S/C10H11FO/c1-7-5-6-12-10-8(7)3-2-4-9(10)11/h2-4,7H,5-6H2,1H3/t7-/m1/s1. The van der Waals surface area contributed by atoms with E-state index in [2.05, 4.69) is 6.92 Å². The van der Waals surface area contributed by atoms with E-state index in [1.165, 1.54) is 6.07 Å². The maximum Gasteiger partial charge on any atom is 0.165 e.